The van der Waals surface area contributed by atoms with E-state index in [2.05, 4.69) is 24.8 Å². The first-order valence-corrected chi connectivity index (χ1v) is 6.82. The number of carboxylic acid groups (broad SMARTS) is 1. The van der Waals surface area contributed by atoms with Gasteiger partial charge in [0.25, 0.3) is 0 Å². The molecule has 0 unspecified atom stereocenters. The van der Waals surface area contributed by atoms with Crippen LogP contribution in [-0.4, -0.2) is 24.2 Å². The fourth-order valence-electron chi connectivity index (χ4n) is 2.08. The molecular formula is C16H20N2O2. The Labute approximate surface area is 119 Å². The molecule has 1 aromatic rings. The highest BCUT2D eigenvalue weighted by Crippen LogP contribution is 2.22. The lowest BCUT2D eigenvalue weighted by atomic mass is 10.1. The highest BCUT2D eigenvalue weighted by molar-refractivity contribution is 5.85. The summed E-state index contributed by atoms with van der Waals surface area (Å²) in [7, 11) is 0. The number of hydrogen-bond donors (Lipinski definition) is 1. The van der Waals surface area contributed by atoms with Crippen LogP contribution in [0.15, 0.2) is 24.3 Å². The molecule has 0 amide bonds. The van der Waals surface area contributed by atoms with Crippen molar-refractivity contribution in [2.45, 2.75) is 26.7 Å². The van der Waals surface area contributed by atoms with E-state index in [4.69, 9.17) is 5.11 Å². The molecule has 0 aliphatic heterocycles. The summed E-state index contributed by atoms with van der Waals surface area (Å²) in [4.78, 5) is 12.7. The first-order chi connectivity index (χ1) is 9.62. The van der Waals surface area contributed by atoms with Gasteiger partial charge in [-0.3, -0.25) is 0 Å². The Bertz CT molecular complexity index is 524. The molecule has 0 aliphatic rings. The van der Waals surface area contributed by atoms with E-state index < -0.39 is 5.97 Å². The van der Waals surface area contributed by atoms with Gasteiger partial charge in [-0.15, -0.1) is 0 Å². The van der Waals surface area contributed by atoms with Crippen LogP contribution in [0.25, 0.3) is 6.08 Å². The Hall–Kier alpha value is -2.28. The van der Waals surface area contributed by atoms with Crippen LogP contribution in [0.4, 0.5) is 5.69 Å². The minimum atomic E-state index is -0.994. The Balaban J connectivity index is 3.09. The molecule has 1 aromatic carbocycles. The van der Waals surface area contributed by atoms with Gasteiger partial charge in [0, 0.05) is 19.2 Å². The molecule has 0 saturated carbocycles. The maximum Gasteiger partial charge on any atom is 0.328 e. The molecule has 1 rings (SSSR count). The summed E-state index contributed by atoms with van der Waals surface area (Å²) in [5.41, 5.74) is 2.23. The number of carboxylic acids is 1. The van der Waals surface area contributed by atoms with Gasteiger partial charge in [-0.05, 0) is 36.6 Å². The molecule has 0 fully saturated rings. The van der Waals surface area contributed by atoms with Crippen LogP contribution < -0.4 is 4.90 Å². The van der Waals surface area contributed by atoms with Crippen molar-refractivity contribution in [3.05, 3.63) is 35.4 Å². The molecule has 1 N–H and O–H groups in total. The van der Waals surface area contributed by atoms with E-state index in [1.807, 2.05) is 12.1 Å². The van der Waals surface area contributed by atoms with Crippen molar-refractivity contribution in [1.82, 2.24) is 0 Å². The summed E-state index contributed by atoms with van der Waals surface area (Å²) in [6.07, 6.45) is 4.61. The van der Waals surface area contributed by atoms with Crippen LogP contribution >= 0.6 is 0 Å². The number of nitriles is 1. The molecule has 4 nitrogen and oxygen atoms in total. The van der Waals surface area contributed by atoms with Crippen molar-refractivity contribution < 1.29 is 9.90 Å². The van der Waals surface area contributed by atoms with Gasteiger partial charge in [-0.25, -0.2) is 4.79 Å². The molecular weight excluding hydrogens is 252 g/mol. The van der Waals surface area contributed by atoms with Crippen molar-refractivity contribution >= 4 is 17.7 Å². The second-order valence-electron chi connectivity index (χ2n) is 4.55. The van der Waals surface area contributed by atoms with E-state index in [0.29, 0.717) is 5.56 Å². The molecule has 0 aliphatic carbocycles. The minimum Gasteiger partial charge on any atom is -0.478 e. The zero-order valence-electron chi connectivity index (χ0n) is 12.0. The first kappa shape index (κ1) is 15.8. The Morgan fingerprint density at radius 2 is 2.00 bits per heavy atom. The van der Waals surface area contributed by atoms with E-state index in [9.17, 15) is 10.1 Å². The van der Waals surface area contributed by atoms with Gasteiger partial charge in [0.15, 0.2) is 0 Å². The van der Waals surface area contributed by atoms with E-state index in [-0.39, 0.29) is 0 Å². The lowest BCUT2D eigenvalue weighted by Gasteiger charge is -2.25. The maximum atomic E-state index is 10.5. The Kier molecular flexibility index (Phi) is 6.31. The van der Waals surface area contributed by atoms with Gasteiger partial charge in [0.2, 0.25) is 0 Å². The predicted molar refractivity (Wildman–Crippen MR) is 80.6 cm³/mol. The number of hydrogen-bond acceptors (Lipinski definition) is 3. The number of anilines is 1. The Morgan fingerprint density at radius 1 is 1.35 bits per heavy atom. The summed E-state index contributed by atoms with van der Waals surface area (Å²) >= 11 is 0. The molecule has 0 heterocycles. The lowest BCUT2D eigenvalue weighted by molar-refractivity contribution is -0.131. The zero-order chi connectivity index (χ0) is 15.0. The van der Waals surface area contributed by atoms with Crippen molar-refractivity contribution in [3.63, 3.8) is 0 Å². The molecule has 4 heteroatoms. The standard InChI is InChI=1S/C16H20N2O2/c1-3-9-18(10-4-2)15-7-5-13(6-8-16(19)20)11-14(15)12-17/h5-8,11H,3-4,9-10H2,1-2H3,(H,19,20)/b8-6+. The van der Waals surface area contributed by atoms with E-state index in [1.165, 1.54) is 6.08 Å². The largest absolute Gasteiger partial charge is 0.478 e. The molecule has 106 valence electrons. The zero-order valence-corrected chi connectivity index (χ0v) is 12.0. The topological polar surface area (TPSA) is 64.3 Å². The average molecular weight is 272 g/mol. The maximum absolute atomic E-state index is 10.5. The fraction of sp³-hybridized carbons (Fsp3) is 0.375. The predicted octanol–water partition coefficient (Wildman–Crippen LogP) is 3.28. The van der Waals surface area contributed by atoms with Crippen molar-refractivity contribution in [2.24, 2.45) is 0 Å². The summed E-state index contributed by atoms with van der Waals surface area (Å²) in [5.74, 6) is -0.994. The third-order valence-corrected chi connectivity index (χ3v) is 2.89. The van der Waals surface area contributed by atoms with Gasteiger partial charge in [-0.1, -0.05) is 19.9 Å². The summed E-state index contributed by atoms with van der Waals surface area (Å²) < 4.78 is 0. The summed E-state index contributed by atoms with van der Waals surface area (Å²) in [6.45, 7) is 6.04. The average Bonchev–Trinajstić information content (AvgIpc) is 2.44. The molecule has 0 bridgehead atoms. The van der Waals surface area contributed by atoms with Crippen molar-refractivity contribution in [1.29, 1.82) is 5.26 Å². The highest BCUT2D eigenvalue weighted by Gasteiger charge is 2.10. The van der Waals surface area contributed by atoms with E-state index in [1.54, 1.807) is 6.07 Å². The number of aliphatic carboxylic acids is 1. The number of nitrogens with zero attached hydrogens (tertiary/aromatic N) is 2. The van der Waals surface area contributed by atoms with Crippen molar-refractivity contribution in [2.75, 3.05) is 18.0 Å². The molecule has 0 aromatic heterocycles. The van der Waals surface area contributed by atoms with Crippen LogP contribution in [-0.2, 0) is 4.79 Å². The molecule has 0 radical (unpaired) electrons. The third-order valence-electron chi connectivity index (χ3n) is 2.89. The van der Waals surface area contributed by atoms with Crippen LogP contribution in [0.1, 0.15) is 37.8 Å². The lowest BCUT2D eigenvalue weighted by Crippen LogP contribution is -2.25. The van der Waals surface area contributed by atoms with Gasteiger partial charge in [-0.2, -0.15) is 5.26 Å². The fourth-order valence-corrected chi connectivity index (χ4v) is 2.08. The molecule has 0 saturated heterocycles. The quantitative estimate of drug-likeness (QED) is 0.774. The second kappa shape index (κ2) is 8.00. The van der Waals surface area contributed by atoms with Gasteiger partial charge < -0.3 is 10.0 Å². The van der Waals surface area contributed by atoms with Crippen LogP contribution in [0, 0.1) is 11.3 Å². The van der Waals surface area contributed by atoms with Gasteiger partial charge >= 0.3 is 5.97 Å². The van der Waals surface area contributed by atoms with Gasteiger partial charge in [0.1, 0.15) is 6.07 Å². The van der Waals surface area contributed by atoms with Gasteiger partial charge in [0.05, 0.1) is 11.3 Å². The third kappa shape index (κ3) is 4.43. The number of rotatable bonds is 7. The molecule has 0 atom stereocenters. The minimum absolute atomic E-state index is 0.583. The van der Waals surface area contributed by atoms with Crippen LogP contribution in [0.2, 0.25) is 0 Å². The van der Waals surface area contributed by atoms with Crippen LogP contribution in [0.5, 0.6) is 0 Å². The number of benzene rings is 1. The molecule has 0 spiro atoms. The number of carbonyl (C=O) groups is 1. The summed E-state index contributed by atoms with van der Waals surface area (Å²) in [5, 5.41) is 17.9. The monoisotopic (exact) mass is 272 g/mol. The SMILES string of the molecule is CCCN(CCC)c1ccc(/C=C/C(=O)O)cc1C#N. The van der Waals surface area contributed by atoms with Crippen molar-refractivity contribution in [3.8, 4) is 6.07 Å². The van der Waals surface area contributed by atoms with E-state index in [0.717, 1.165) is 43.3 Å². The molecule has 20 heavy (non-hydrogen) atoms. The highest BCUT2D eigenvalue weighted by atomic mass is 16.4. The normalized spacial score (nSPS) is 10.4. The first-order valence-electron chi connectivity index (χ1n) is 6.82. The smallest absolute Gasteiger partial charge is 0.328 e. The van der Waals surface area contributed by atoms with E-state index >= 15 is 0 Å². The summed E-state index contributed by atoms with van der Waals surface area (Å²) in [6, 6.07) is 7.66. The van der Waals surface area contributed by atoms with Crippen LogP contribution in [0.3, 0.4) is 0 Å². The Morgan fingerprint density at radius 3 is 2.50 bits per heavy atom. The second-order valence-corrected chi connectivity index (χ2v) is 4.55.